The van der Waals surface area contributed by atoms with Gasteiger partial charge in [0.2, 0.25) is 5.91 Å². The Morgan fingerprint density at radius 2 is 2.33 bits per heavy atom. The molecule has 2 unspecified atom stereocenters. The van der Waals surface area contributed by atoms with E-state index in [4.69, 9.17) is 4.74 Å². The molecular formula is C18H28N4O2. The third-order valence-electron chi connectivity index (χ3n) is 6.14. The van der Waals surface area contributed by atoms with Crippen LogP contribution in [0, 0.1) is 11.3 Å². The molecule has 1 aliphatic carbocycles. The number of rotatable bonds is 5. The first-order chi connectivity index (χ1) is 11.7. The first-order valence-corrected chi connectivity index (χ1v) is 9.32. The van der Waals surface area contributed by atoms with Gasteiger partial charge in [0.1, 0.15) is 5.82 Å². The standard InChI is InChI=1S/C18H28N4O2/c1-2-21-9-8-20-16(21)12-22(17(23)14-3-10-24-13-14)15-11-18(15)4-6-19-7-5-18/h8-9,14-15,19H,2-7,10-13H2,1H3. The Kier molecular flexibility index (Phi) is 4.35. The van der Waals surface area contributed by atoms with Crippen LogP contribution in [0.1, 0.15) is 38.4 Å². The number of aromatic nitrogens is 2. The number of imidazole rings is 1. The van der Waals surface area contributed by atoms with Gasteiger partial charge in [0.25, 0.3) is 0 Å². The summed E-state index contributed by atoms with van der Waals surface area (Å²) in [5.41, 5.74) is 0.351. The highest BCUT2D eigenvalue weighted by atomic mass is 16.5. The van der Waals surface area contributed by atoms with Crippen molar-refractivity contribution in [1.82, 2.24) is 19.8 Å². The summed E-state index contributed by atoms with van der Waals surface area (Å²) < 4.78 is 7.61. The molecule has 2 saturated heterocycles. The highest BCUT2D eigenvalue weighted by Crippen LogP contribution is 2.56. The molecule has 3 aliphatic rings. The topological polar surface area (TPSA) is 59.4 Å². The minimum absolute atomic E-state index is 0.0365. The van der Waals surface area contributed by atoms with Gasteiger partial charge in [0, 0.05) is 31.6 Å². The van der Waals surface area contributed by atoms with E-state index in [0.717, 1.165) is 38.3 Å². The van der Waals surface area contributed by atoms with Crippen LogP contribution in [0.2, 0.25) is 0 Å². The second-order valence-corrected chi connectivity index (χ2v) is 7.49. The number of nitrogens with zero attached hydrogens (tertiary/aromatic N) is 3. The van der Waals surface area contributed by atoms with E-state index in [1.54, 1.807) is 0 Å². The molecule has 132 valence electrons. The number of amides is 1. The Labute approximate surface area is 143 Å². The van der Waals surface area contributed by atoms with Gasteiger partial charge in [0.15, 0.2) is 0 Å². The minimum Gasteiger partial charge on any atom is -0.381 e. The fourth-order valence-corrected chi connectivity index (χ4v) is 4.47. The van der Waals surface area contributed by atoms with Crippen LogP contribution in [0.4, 0.5) is 0 Å². The maximum absolute atomic E-state index is 13.2. The normalized spacial score (nSPS) is 28.2. The van der Waals surface area contributed by atoms with Crippen molar-refractivity contribution in [3.8, 4) is 0 Å². The monoisotopic (exact) mass is 332 g/mol. The van der Waals surface area contributed by atoms with Crippen LogP contribution in [0.3, 0.4) is 0 Å². The fourth-order valence-electron chi connectivity index (χ4n) is 4.47. The maximum Gasteiger partial charge on any atom is 0.228 e. The number of hydrogen-bond donors (Lipinski definition) is 1. The number of aryl methyl sites for hydroxylation is 1. The second kappa shape index (κ2) is 6.48. The van der Waals surface area contributed by atoms with Crippen molar-refractivity contribution < 1.29 is 9.53 Å². The summed E-state index contributed by atoms with van der Waals surface area (Å²) in [5, 5.41) is 3.45. The SMILES string of the molecule is CCn1ccnc1CN(C(=O)C1CCOC1)C1CC12CCNCC2. The van der Waals surface area contributed by atoms with Gasteiger partial charge in [-0.15, -0.1) is 0 Å². The number of nitrogens with one attached hydrogen (secondary N) is 1. The summed E-state index contributed by atoms with van der Waals surface area (Å²) in [7, 11) is 0. The Morgan fingerprint density at radius 3 is 3.04 bits per heavy atom. The molecule has 1 aromatic heterocycles. The molecule has 1 saturated carbocycles. The number of carbonyl (C=O) groups is 1. The van der Waals surface area contributed by atoms with E-state index < -0.39 is 0 Å². The zero-order chi connectivity index (χ0) is 16.6. The van der Waals surface area contributed by atoms with Gasteiger partial charge in [-0.05, 0) is 51.1 Å². The van der Waals surface area contributed by atoms with Crippen molar-refractivity contribution in [3.63, 3.8) is 0 Å². The molecule has 24 heavy (non-hydrogen) atoms. The maximum atomic E-state index is 13.2. The lowest BCUT2D eigenvalue weighted by atomic mass is 9.93. The van der Waals surface area contributed by atoms with Gasteiger partial charge in [-0.2, -0.15) is 0 Å². The lowest BCUT2D eigenvalue weighted by Gasteiger charge is -2.31. The highest BCUT2D eigenvalue weighted by molar-refractivity contribution is 5.80. The highest BCUT2D eigenvalue weighted by Gasteiger charge is 2.58. The van der Waals surface area contributed by atoms with Crippen LogP contribution in [-0.2, 0) is 22.6 Å². The van der Waals surface area contributed by atoms with E-state index in [-0.39, 0.29) is 11.8 Å². The Balaban J connectivity index is 1.54. The minimum atomic E-state index is 0.0365. The molecule has 1 amide bonds. The summed E-state index contributed by atoms with van der Waals surface area (Å²) in [6.07, 6.45) is 8.23. The van der Waals surface area contributed by atoms with Gasteiger partial charge in [-0.1, -0.05) is 0 Å². The number of carbonyl (C=O) groups excluding carboxylic acids is 1. The molecule has 2 aliphatic heterocycles. The van der Waals surface area contributed by atoms with Gasteiger partial charge >= 0.3 is 0 Å². The van der Waals surface area contributed by atoms with Crippen LogP contribution in [-0.4, -0.2) is 52.7 Å². The smallest absolute Gasteiger partial charge is 0.228 e. The molecule has 6 nitrogen and oxygen atoms in total. The third kappa shape index (κ3) is 2.86. The van der Waals surface area contributed by atoms with E-state index in [1.165, 1.54) is 12.8 Å². The van der Waals surface area contributed by atoms with E-state index in [1.807, 2.05) is 12.4 Å². The van der Waals surface area contributed by atoms with Crippen molar-refractivity contribution in [2.45, 2.75) is 51.7 Å². The van der Waals surface area contributed by atoms with Crippen molar-refractivity contribution in [3.05, 3.63) is 18.2 Å². The molecular weight excluding hydrogens is 304 g/mol. The van der Waals surface area contributed by atoms with Crippen molar-refractivity contribution >= 4 is 5.91 Å². The van der Waals surface area contributed by atoms with Crippen LogP contribution in [0.15, 0.2) is 12.4 Å². The van der Waals surface area contributed by atoms with Crippen LogP contribution in [0.5, 0.6) is 0 Å². The molecule has 6 heteroatoms. The molecule has 0 radical (unpaired) electrons. The summed E-state index contributed by atoms with van der Waals surface area (Å²) in [5.74, 6) is 1.31. The number of piperidine rings is 1. The van der Waals surface area contributed by atoms with Crippen molar-refractivity contribution in [2.75, 3.05) is 26.3 Å². The molecule has 0 aromatic carbocycles. The van der Waals surface area contributed by atoms with E-state index in [0.29, 0.717) is 31.2 Å². The number of ether oxygens (including phenoxy) is 1. The second-order valence-electron chi connectivity index (χ2n) is 7.49. The van der Waals surface area contributed by atoms with Crippen LogP contribution < -0.4 is 5.32 Å². The first kappa shape index (κ1) is 16.1. The molecule has 4 rings (SSSR count). The quantitative estimate of drug-likeness (QED) is 0.886. The summed E-state index contributed by atoms with van der Waals surface area (Å²) in [6, 6.07) is 0.384. The molecule has 3 fully saturated rings. The average Bonchev–Trinajstić information content (AvgIpc) is 3.05. The van der Waals surface area contributed by atoms with Crippen LogP contribution >= 0.6 is 0 Å². The van der Waals surface area contributed by atoms with Gasteiger partial charge in [-0.25, -0.2) is 4.98 Å². The summed E-state index contributed by atoms with van der Waals surface area (Å²) in [4.78, 5) is 19.8. The summed E-state index contributed by atoms with van der Waals surface area (Å²) >= 11 is 0. The van der Waals surface area contributed by atoms with Gasteiger partial charge in [-0.3, -0.25) is 4.79 Å². The van der Waals surface area contributed by atoms with Gasteiger partial charge in [0.05, 0.1) is 19.1 Å². The fraction of sp³-hybridized carbons (Fsp3) is 0.778. The first-order valence-electron chi connectivity index (χ1n) is 9.32. The van der Waals surface area contributed by atoms with Crippen molar-refractivity contribution in [1.29, 1.82) is 0 Å². The molecule has 1 N–H and O–H groups in total. The molecule has 2 atom stereocenters. The molecule has 3 heterocycles. The Morgan fingerprint density at radius 1 is 1.50 bits per heavy atom. The largest absolute Gasteiger partial charge is 0.381 e. The van der Waals surface area contributed by atoms with E-state index >= 15 is 0 Å². The van der Waals surface area contributed by atoms with E-state index in [2.05, 4.69) is 26.7 Å². The lowest BCUT2D eigenvalue weighted by molar-refractivity contribution is -0.137. The van der Waals surface area contributed by atoms with Gasteiger partial charge < -0.3 is 19.5 Å². The zero-order valence-corrected chi connectivity index (χ0v) is 14.5. The zero-order valence-electron chi connectivity index (χ0n) is 14.5. The Bertz CT molecular complexity index is 588. The predicted octanol–water partition coefficient (Wildman–Crippen LogP) is 1.41. The number of hydrogen-bond acceptors (Lipinski definition) is 4. The predicted molar refractivity (Wildman–Crippen MR) is 90.3 cm³/mol. The molecule has 1 aromatic rings. The van der Waals surface area contributed by atoms with Crippen molar-refractivity contribution in [2.24, 2.45) is 11.3 Å². The molecule has 0 bridgehead atoms. The summed E-state index contributed by atoms with van der Waals surface area (Å²) in [6.45, 7) is 7.10. The molecule has 1 spiro atoms. The lowest BCUT2D eigenvalue weighted by Crippen LogP contribution is -2.42. The average molecular weight is 332 g/mol. The Hall–Kier alpha value is -1.40. The van der Waals surface area contributed by atoms with Crippen LogP contribution in [0.25, 0.3) is 0 Å². The third-order valence-corrected chi connectivity index (χ3v) is 6.14. The van der Waals surface area contributed by atoms with E-state index in [9.17, 15) is 4.79 Å².